The average molecular weight is 497 g/mol. The van der Waals surface area contributed by atoms with E-state index in [9.17, 15) is 18.0 Å². The van der Waals surface area contributed by atoms with E-state index in [0.717, 1.165) is 12.3 Å². The second-order valence-corrected chi connectivity index (χ2v) is 11.3. The van der Waals surface area contributed by atoms with E-state index in [4.69, 9.17) is 4.74 Å². The Hall–Kier alpha value is -3.13. The lowest BCUT2D eigenvalue weighted by Crippen LogP contribution is -2.42. The number of ether oxygens (including phenoxy) is 1. The van der Waals surface area contributed by atoms with Crippen LogP contribution in [0.3, 0.4) is 0 Å². The van der Waals surface area contributed by atoms with Crippen molar-refractivity contribution >= 4 is 27.6 Å². The fourth-order valence-electron chi connectivity index (χ4n) is 5.49. The lowest BCUT2D eigenvalue weighted by Gasteiger charge is -2.28. The number of benzene rings is 2. The molecule has 4 rings (SSSR count). The summed E-state index contributed by atoms with van der Waals surface area (Å²) in [6.45, 7) is 5.34. The number of sulfonamides is 1. The number of nitrogens with one attached hydrogen (secondary N) is 1. The molecule has 1 N–H and O–H groups in total. The zero-order chi connectivity index (χ0) is 25.0. The number of carbonyl (C=O) groups excluding carboxylic acids is 2. The number of nitrogens with zero attached hydrogens (tertiary/aromatic N) is 1. The van der Waals surface area contributed by atoms with Gasteiger partial charge in [0.25, 0.3) is 15.9 Å². The molecule has 7 nitrogen and oxygen atoms in total. The molecule has 0 heterocycles. The molecule has 2 saturated carbocycles. The number of hydrogen-bond donors (Lipinski definition) is 1. The largest absolute Gasteiger partial charge is 0.452 e. The van der Waals surface area contributed by atoms with Gasteiger partial charge in [0.05, 0.1) is 22.7 Å². The van der Waals surface area contributed by atoms with Crippen LogP contribution in [0.15, 0.2) is 72.1 Å². The molecule has 35 heavy (non-hydrogen) atoms. The summed E-state index contributed by atoms with van der Waals surface area (Å²) in [5, 5.41) is 2.97. The highest BCUT2D eigenvalue weighted by molar-refractivity contribution is 7.92. The van der Waals surface area contributed by atoms with E-state index >= 15 is 0 Å². The molecule has 2 bridgehead atoms. The molecule has 2 aromatic rings. The Kier molecular flexibility index (Phi) is 7.60. The smallest absolute Gasteiger partial charge is 0.338 e. The van der Waals surface area contributed by atoms with E-state index < -0.39 is 22.6 Å². The quantitative estimate of drug-likeness (QED) is 0.394. The molecule has 0 radical (unpaired) electrons. The molecule has 2 aliphatic rings. The van der Waals surface area contributed by atoms with E-state index in [1.54, 1.807) is 30.3 Å². The van der Waals surface area contributed by atoms with Crippen molar-refractivity contribution < 1.29 is 22.7 Å². The van der Waals surface area contributed by atoms with Gasteiger partial charge in [-0.05, 0) is 74.3 Å². The molecule has 186 valence electrons. The fraction of sp³-hybridized carbons (Fsp3) is 0.407. The van der Waals surface area contributed by atoms with Crippen LogP contribution in [-0.2, 0) is 19.6 Å². The number of para-hydroxylation sites is 1. The van der Waals surface area contributed by atoms with Gasteiger partial charge in [0, 0.05) is 6.04 Å². The first-order valence-corrected chi connectivity index (χ1v) is 13.5. The van der Waals surface area contributed by atoms with Gasteiger partial charge in [-0.2, -0.15) is 0 Å². The zero-order valence-corrected chi connectivity index (χ0v) is 20.7. The van der Waals surface area contributed by atoms with Crippen LogP contribution < -0.4 is 9.62 Å². The van der Waals surface area contributed by atoms with Crippen molar-refractivity contribution in [1.29, 1.82) is 0 Å². The molecule has 4 atom stereocenters. The predicted molar refractivity (Wildman–Crippen MR) is 134 cm³/mol. The number of hydrogen-bond acceptors (Lipinski definition) is 5. The van der Waals surface area contributed by atoms with Crippen LogP contribution >= 0.6 is 0 Å². The van der Waals surface area contributed by atoms with E-state index in [-0.39, 0.29) is 29.0 Å². The van der Waals surface area contributed by atoms with Crippen molar-refractivity contribution in [2.75, 3.05) is 17.5 Å². The molecule has 1 amide bonds. The minimum absolute atomic E-state index is 0.0406. The standard InChI is InChI=1S/C27H32N2O5S/c1-3-14-29(23-9-5-4-6-10-23)35(32,33)24-11-7-8-22(17-24)27(31)34-18-26(30)28-19(2)25-16-20-12-13-21(25)15-20/h3-11,17,19-21,25H,1,12-16,18H2,2H3,(H,28,30)/t19-,20-,21-,25+/m1/s1. The van der Waals surface area contributed by atoms with Crippen molar-refractivity contribution in [2.45, 2.75) is 43.5 Å². The average Bonchev–Trinajstić information content (AvgIpc) is 3.50. The monoisotopic (exact) mass is 496 g/mol. The van der Waals surface area contributed by atoms with E-state index in [1.165, 1.54) is 53.9 Å². The number of rotatable bonds is 10. The van der Waals surface area contributed by atoms with Crippen LogP contribution in [0.25, 0.3) is 0 Å². The first-order chi connectivity index (χ1) is 16.8. The van der Waals surface area contributed by atoms with Gasteiger partial charge in [0.2, 0.25) is 0 Å². The molecule has 2 aliphatic carbocycles. The third kappa shape index (κ3) is 5.59. The van der Waals surface area contributed by atoms with Crippen molar-refractivity contribution in [1.82, 2.24) is 5.32 Å². The Morgan fingerprint density at radius 3 is 2.57 bits per heavy atom. The Bertz CT molecular complexity index is 1180. The van der Waals surface area contributed by atoms with Gasteiger partial charge < -0.3 is 10.1 Å². The van der Waals surface area contributed by atoms with Crippen LogP contribution in [0.1, 0.15) is 43.0 Å². The molecule has 8 heteroatoms. The minimum Gasteiger partial charge on any atom is -0.452 e. The first-order valence-electron chi connectivity index (χ1n) is 12.0. The van der Waals surface area contributed by atoms with Crippen molar-refractivity contribution in [3.8, 4) is 0 Å². The van der Waals surface area contributed by atoms with Crippen LogP contribution in [0, 0.1) is 17.8 Å². The molecule has 2 aromatic carbocycles. The lowest BCUT2D eigenvalue weighted by molar-refractivity contribution is -0.125. The highest BCUT2D eigenvalue weighted by atomic mass is 32.2. The Labute approximate surface area is 207 Å². The van der Waals surface area contributed by atoms with Crippen LogP contribution in [0.2, 0.25) is 0 Å². The molecular formula is C27H32N2O5S. The fourth-order valence-corrected chi connectivity index (χ4v) is 6.97. The second-order valence-electron chi connectivity index (χ2n) is 9.46. The van der Waals surface area contributed by atoms with Gasteiger partial charge >= 0.3 is 5.97 Å². The normalized spacial score (nSPS) is 21.8. The van der Waals surface area contributed by atoms with Crippen LogP contribution in [0.4, 0.5) is 5.69 Å². The number of fused-ring (bicyclic) bond motifs is 2. The van der Waals surface area contributed by atoms with E-state index in [1.807, 2.05) is 6.92 Å². The van der Waals surface area contributed by atoms with Crippen LogP contribution in [0.5, 0.6) is 0 Å². The maximum absolute atomic E-state index is 13.3. The lowest BCUT2D eigenvalue weighted by atomic mass is 9.84. The predicted octanol–water partition coefficient (Wildman–Crippen LogP) is 4.17. The summed E-state index contributed by atoms with van der Waals surface area (Å²) in [7, 11) is -3.96. The topological polar surface area (TPSA) is 92.8 Å². The van der Waals surface area contributed by atoms with Gasteiger partial charge in [-0.25, -0.2) is 13.2 Å². The summed E-state index contributed by atoms with van der Waals surface area (Å²) in [5.74, 6) is 0.853. The maximum atomic E-state index is 13.3. The summed E-state index contributed by atoms with van der Waals surface area (Å²) >= 11 is 0. The molecule has 2 fully saturated rings. The highest BCUT2D eigenvalue weighted by Gasteiger charge is 2.42. The molecule has 0 spiro atoms. The summed E-state index contributed by atoms with van der Waals surface area (Å²) in [6, 6.07) is 14.4. The van der Waals surface area contributed by atoms with E-state index in [2.05, 4.69) is 11.9 Å². The summed E-state index contributed by atoms with van der Waals surface area (Å²) in [4.78, 5) is 25.0. The number of esters is 1. The van der Waals surface area contributed by atoms with Crippen LogP contribution in [-0.4, -0.2) is 39.5 Å². The summed E-state index contributed by atoms with van der Waals surface area (Å²) < 4.78 is 33.1. The maximum Gasteiger partial charge on any atom is 0.338 e. The SMILES string of the molecule is C=CCN(c1ccccc1)S(=O)(=O)c1cccc(C(=O)OCC(=O)N[C@H](C)[C@@H]2C[C@@H]3CC[C@@H]2C3)c1. The minimum atomic E-state index is -3.96. The zero-order valence-electron chi connectivity index (χ0n) is 19.9. The number of amides is 1. The summed E-state index contributed by atoms with van der Waals surface area (Å²) in [5.41, 5.74) is 0.549. The Morgan fingerprint density at radius 1 is 1.14 bits per heavy atom. The second kappa shape index (κ2) is 10.6. The van der Waals surface area contributed by atoms with E-state index in [0.29, 0.717) is 17.5 Å². The molecule has 0 unspecified atom stereocenters. The third-order valence-corrected chi connectivity index (χ3v) is 8.94. The number of anilines is 1. The molecular weight excluding hydrogens is 464 g/mol. The Balaban J connectivity index is 1.39. The van der Waals surface area contributed by atoms with Gasteiger partial charge in [-0.15, -0.1) is 6.58 Å². The number of carbonyl (C=O) groups is 2. The van der Waals surface area contributed by atoms with Gasteiger partial charge in [-0.3, -0.25) is 9.10 Å². The molecule has 0 saturated heterocycles. The highest BCUT2D eigenvalue weighted by Crippen LogP contribution is 2.49. The van der Waals surface area contributed by atoms with Crippen molar-refractivity contribution in [2.24, 2.45) is 17.8 Å². The third-order valence-electron chi connectivity index (χ3n) is 7.15. The van der Waals surface area contributed by atoms with Gasteiger partial charge in [0.1, 0.15) is 0 Å². The van der Waals surface area contributed by atoms with Gasteiger partial charge in [0.15, 0.2) is 6.61 Å². The van der Waals surface area contributed by atoms with Crippen molar-refractivity contribution in [3.63, 3.8) is 0 Å². The molecule has 0 aromatic heterocycles. The Morgan fingerprint density at radius 2 is 1.91 bits per heavy atom. The summed E-state index contributed by atoms with van der Waals surface area (Å²) in [6.07, 6.45) is 6.44. The van der Waals surface area contributed by atoms with Crippen molar-refractivity contribution in [3.05, 3.63) is 72.8 Å². The first kappa shape index (κ1) is 25.0. The molecule has 0 aliphatic heterocycles. The van der Waals surface area contributed by atoms with Gasteiger partial charge in [-0.1, -0.05) is 36.8 Å².